The Bertz CT molecular complexity index is 580. The highest BCUT2D eigenvalue weighted by Crippen LogP contribution is 2.19. The predicted octanol–water partition coefficient (Wildman–Crippen LogP) is 2.95. The lowest BCUT2D eigenvalue weighted by Crippen LogP contribution is -2.48. The molecule has 0 atom stereocenters. The number of guanidine groups is 1. The number of nitrogens with one attached hydrogen (secondary N) is 2. The third-order valence-electron chi connectivity index (χ3n) is 6.26. The van der Waals surface area contributed by atoms with Gasteiger partial charge in [0.05, 0.1) is 5.69 Å². The largest absolute Gasteiger partial charge is 0.356 e. The average Bonchev–Trinajstić information content (AvgIpc) is 2.75. The van der Waals surface area contributed by atoms with Crippen LogP contribution in [0.2, 0.25) is 0 Å². The summed E-state index contributed by atoms with van der Waals surface area (Å²) in [5.41, 5.74) is 1.16. The molecular weight excluding hydrogens is 475 g/mol. The molecule has 3 rings (SSSR count). The van der Waals surface area contributed by atoms with Gasteiger partial charge in [0.15, 0.2) is 5.96 Å². The van der Waals surface area contributed by atoms with Gasteiger partial charge in [-0.05, 0) is 69.8 Å². The number of likely N-dealkylation sites (tertiary alicyclic amines) is 2. The smallest absolute Gasteiger partial charge is 0.191 e. The van der Waals surface area contributed by atoms with E-state index in [4.69, 9.17) is 0 Å². The second-order valence-corrected chi connectivity index (χ2v) is 8.18. The van der Waals surface area contributed by atoms with Gasteiger partial charge in [-0.25, -0.2) is 0 Å². The molecule has 0 bridgehead atoms. The summed E-state index contributed by atoms with van der Waals surface area (Å²) in [6.07, 6.45) is 8.13. The van der Waals surface area contributed by atoms with Gasteiger partial charge in [-0.1, -0.05) is 13.0 Å². The van der Waals surface area contributed by atoms with Crippen LogP contribution in [0.5, 0.6) is 0 Å². The Balaban J connectivity index is 0.00000300. The topological polar surface area (TPSA) is 55.8 Å². The molecule has 2 saturated heterocycles. The monoisotopic (exact) mass is 514 g/mol. The van der Waals surface area contributed by atoms with Crippen molar-refractivity contribution in [3.8, 4) is 0 Å². The zero-order chi connectivity index (χ0) is 19.6. The molecule has 6 nitrogen and oxygen atoms in total. The fraction of sp³-hybridized carbons (Fsp3) is 0.727. The Kier molecular flexibility index (Phi) is 11.2. The van der Waals surface area contributed by atoms with E-state index in [0.29, 0.717) is 6.04 Å². The summed E-state index contributed by atoms with van der Waals surface area (Å²) in [4.78, 5) is 13.9. The van der Waals surface area contributed by atoms with Crippen LogP contribution in [0.1, 0.15) is 44.7 Å². The first-order chi connectivity index (χ1) is 13.8. The number of piperidine rings is 2. The number of halogens is 1. The van der Waals surface area contributed by atoms with Gasteiger partial charge in [0.1, 0.15) is 0 Å². The van der Waals surface area contributed by atoms with Crippen LogP contribution >= 0.6 is 24.0 Å². The summed E-state index contributed by atoms with van der Waals surface area (Å²) in [6.45, 7) is 10.2. The average molecular weight is 515 g/mol. The highest BCUT2D eigenvalue weighted by atomic mass is 127. The van der Waals surface area contributed by atoms with Gasteiger partial charge < -0.3 is 15.5 Å². The molecule has 0 spiro atoms. The second-order valence-electron chi connectivity index (χ2n) is 8.18. The van der Waals surface area contributed by atoms with E-state index in [1.807, 2.05) is 19.3 Å². The quantitative estimate of drug-likeness (QED) is 0.333. The zero-order valence-corrected chi connectivity index (χ0v) is 20.5. The molecule has 2 aliphatic heterocycles. The third kappa shape index (κ3) is 8.38. The number of hydrogen-bond donors (Lipinski definition) is 2. The number of hydrogen-bond acceptors (Lipinski definition) is 4. The molecule has 1 aromatic heterocycles. The Morgan fingerprint density at radius 1 is 1.10 bits per heavy atom. The van der Waals surface area contributed by atoms with Gasteiger partial charge in [0.25, 0.3) is 0 Å². The Morgan fingerprint density at radius 2 is 1.83 bits per heavy atom. The van der Waals surface area contributed by atoms with Crippen molar-refractivity contribution in [3.05, 3.63) is 30.1 Å². The summed E-state index contributed by atoms with van der Waals surface area (Å²) < 4.78 is 0. The lowest BCUT2D eigenvalue weighted by atomic mass is 9.93. The number of aliphatic imine (C=N–C) groups is 1. The minimum atomic E-state index is 0. The van der Waals surface area contributed by atoms with Gasteiger partial charge >= 0.3 is 0 Å². The highest BCUT2D eigenvalue weighted by molar-refractivity contribution is 14.0. The van der Waals surface area contributed by atoms with E-state index in [0.717, 1.165) is 56.6 Å². The van der Waals surface area contributed by atoms with Gasteiger partial charge in [0, 0.05) is 45.5 Å². The minimum absolute atomic E-state index is 0. The predicted molar refractivity (Wildman–Crippen MR) is 132 cm³/mol. The summed E-state index contributed by atoms with van der Waals surface area (Å²) in [5.74, 6) is 1.83. The van der Waals surface area contributed by atoms with Crippen molar-refractivity contribution in [2.45, 2.75) is 51.6 Å². The molecule has 2 fully saturated rings. The van der Waals surface area contributed by atoms with Crippen molar-refractivity contribution >= 4 is 29.9 Å². The molecule has 0 radical (unpaired) electrons. The normalized spacial score (nSPS) is 20.3. The fourth-order valence-electron chi connectivity index (χ4n) is 4.33. The van der Waals surface area contributed by atoms with Crippen LogP contribution in [0.25, 0.3) is 0 Å². The molecule has 0 amide bonds. The van der Waals surface area contributed by atoms with Crippen LogP contribution in [0, 0.1) is 5.92 Å². The van der Waals surface area contributed by atoms with E-state index >= 15 is 0 Å². The maximum atomic E-state index is 4.45. The van der Waals surface area contributed by atoms with Crippen molar-refractivity contribution in [1.82, 2.24) is 25.4 Å². The first-order valence-electron chi connectivity index (χ1n) is 11.1. The van der Waals surface area contributed by atoms with Crippen LogP contribution in [-0.2, 0) is 6.54 Å². The molecule has 164 valence electrons. The molecule has 7 heteroatoms. The van der Waals surface area contributed by atoms with E-state index in [9.17, 15) is 0 Å². The highest BCUT2D eigenvalue weighted by Gasteiger charge is 2.21. The van der Waals surface area contributed by atoms with Crippen LogP contribution in [-0.4, -0.2) is 73.1 Å². The van der Waals surface area contributed by atoms with Gasteiger partial charge in [0.2, 0.25) is 0 Å². The molecule has 0 aromatic carbocycles. The Hall–Kier alpha value is -0.930. The molecule has 0 saturated carbocycles. The van der Waals surface area contributed by atoms with Crippen molar-refractivity contribution < 1.29 is 0 Å². The van der Waals surface area contributed by atoms with E-state index in [1.165, 1.54) is 38.9 Å². The van der Waals surface area contributed by atoms with Crippen molar-refractivity contribution in [2.75, 3.05) is 46.3 Å². The standard InChI is InChI=1S/C22H38N6.HI/c1-3-27-14-8-19(9-15-27)7-13-25-22(23-2)26-20-10-16-28(17-11-20)18-21-6-4-5-12-24-21;/h4-6,12,19-20H,3,7-11,13-18H2,1-2H3,(H2,23,25,26);1H. The summed E-state index contributed by atoms with van der Waals surface area (Å²) in [7, 11) is 1.88. The van der Waals surface area contributed by atoms with E-state index in [-0.39, 0.29) is 24.0 Å². The minimum Gasteiger partial charge on any atom is -0.356 e. The molecule has 1 aromatic rings. The van der Waals surface area contributed by atoms with E-state index in [2.05, 4.69) is 49.5 Å². The summed E-state index contributed by atoms with van der Waals surface area (Å²) in [6, 6.07) is 6.67. The van der Waals surface area contributed by atoms with E-state index in [1.54, 1.807) is 0 Å². The first kappa shape index (κ1) is 24.3. The number of rotatable bonds is 7. The van der Waals surface area contributed by atoms with Crippen LogP contribution in [0.3, 0.4) is 0 Å². The SMILES string of the molecule is CCN1CCC(CCNC(=NC)NC2CCN(Cc3ccccn3)CC2)CC1.I. The third-order valence-corrected chi connectivity index (χ3v) is 6.26. The molecule has 2 aliphatic rings. The Morgan fingerprint density at radius 3 is 2.45 bits per heavy atom. The molecule has 29 heavy (non-hydrogen) atoms. The lowest BCUT2D eigenvalue weighted by Gasteiger charge is -2.33. The number of aromatic nitrogens is 1. The summed E-state index contributed by atoms with van der Waals surface area (Å²) in [5, 5.41) is 7.17. The first-order valence-corrected chi connectivity index (χ1v) is 11.1. The molecule has 2 N–H and O–H groups in total. The lowest BCUT2D eigenvalue weighted by molar-refractivity contribution is 0.187. The molecular formula is C22H39IN6. The van der Waals surface area contributed by atoms with Crippen LogP contribution in [0.4, 0.5) is 0 Å². The van der Waals surface area contributed by atoms with Crippen LogP contribution < -0.4 is 10.6 Å². The van der Waals surface area contributed by atoms with E-state index < -0.39 is 0 Å². The van der Waals surface area contributed by atoms with Crippen LogP contribution in [0.15, 0.2) is 29.4 Å². The van der Waals surface area contributed by atoms with Gasteiger partial charge in [-0.15, -0.1) is 24.0 Å². The maximum absolute atomic E-state index is 4.45. The zero-order valence-electron chi connectivity index (χ0n) is 18.1. The van der Waals surface area contributed by atoms with Gasteiger partial charge in [-0.3, -0.25) is 14.9 Å². The molecule has 3 heterocycles. The second kappa shape index (κ2) is 13.4. The summed E-state index contributed by atoms with van der Waals surface area (Å²) >= 11 is 0. The fourth-order valence-corrected chi connectivity index (χ4v) is 4.33. The number of nitrogens with zero attached hydrogens (tertiary/aromatic N) is 4. The van der Waals surface area contributed by atoms with Crippen molar-refractivity contribution in [3.63, 3.8) is 0 Å². The molecule has 0 aliphatic carbocycles. The van der Waals surface area contributed by atoms with Gasteiger partial charge in [-0.2, -0.15) is 0 Å². The Labute approximate surface area is 194 Å². The molecule has 0 unspecified atom stereocenters. The number of pyridine rings is 1. The van der Waals surface area contributed by atoms with Crippen molar-refractivity contribution in [2.24, 2.45) is 10.9 Å². The maximum Gasteiger partial charge on any atom is 0.191 e. The van der Waals surface area contributed by atoms with Crippen molar-refractivity contribution in [1.29, 1.82) is 0 Å².